The number of likely N-dealkylation sites (N-methyl/N-ethyl adjacent to an activating group) is 1. The third-order valence-electron chi connectivity index (χ3n) is 3.09. The number of alkyl halides is 1. The zero-order valence-corrected chi connectivity index (χ0v) is 13.4. The van der Waals surface area contributed by atoms with Gasteiger partial charge in [0, 0.05) is 25.4 Å². The lowest BCUT2D eigenvalue weighted by molar-refractivity contribution is -0.132. The number of rotatable bonds is 9. The highest BCUT2D eigenvalue weighted by molar-refractivity contribution is 6.17. The number of furan rings is 1. The van der Waals surface area contributed by atoms with Gasteiger partial charge in [0.15, 0.2) is 0 Å². The highest BCUT2D eigenvalue weighted by Crippen LogP contribution is 2.11. The lowest BCUT2D eigenvalue weighted by Gasteiger charge is -2.23. The maximum Gasteiger partial charge on any atom is 0.223 e. The minimum Gasteiger partial charge on any atom is -0.464 e. The van der Waals surface area contributed by atoms with Crippen molar-refractivity contribution in [3.63, 3.8) is 0 Å². The van der Waals surface area contributed by atoms with Crippen LogP contribution in [0.4, 0.5) is 0 Å². The smallest absolute Gasteiger partial charge is 0.223 e. The summed E-state index contributed by atoms with van der Waals surface area (Å²) in [7, 11) is 4.01. The summed E-state index contributed by atoms with van der Waals surface area (Å²) < 4.78 is 5.57. The Hall–Kier alpha value is -1.00. The van der Waals surface area contributed by atoms with E-state index >= 15 is 0 Å². The topological polar surface area (TPSA) is 36.7 Å². The molecule has 114 valence electrons. The quantitative estimate of drug-likeness (QED) is 0.520. The summed E-state index contributed by atoms with van der Waals surface area (Å²) >= 11 is 5.65. The number of carbonyl (C=O) groups excluding carboxylic acids is 1. The van der Waals surface area contributed by atoms with Gasteiger partial charge in [0.25, 0.3) is 0 Å². The van der Waals surface area contributed by atoms with Gasteiger partial charge in [0.05, 0.1) is 6.54 Å². The first-order chi connectivity index (χ1) is 9.52. The molecule has 5 heteroatoms. The van der Waals surface area contributed by atoms with Crippen LogP contribution in [0.5, 0.6) is 0 Å². The van der Waals surface area contributed by atoms with E-state index < -0.39 is 0 Å². The van der Waals surface area contributed by atoms with Crippen molar-refractivity contribution in [2.75, 3.05) is 33.1 Å². The molecule has 1 heterocycles. The molecule has 0 atom stereocenters. The molecule has 0 aliphatic heterocycles. The van der Waals surface area contributed by atoms with Crippen LogP contribution in [0.3, 0.4) is 0 Å². The van der Waals surface area contributed by atoms with Gasteiger partial charge in [0.1, 0.15) is 11.5 Å². The van der Waals surface area contributed by atoms with Crippen LogP contribution in [0.2, 0.25) is 0 Å². The van der Waals surface area contributed by atoms with Crippen molar-refractivity contribution in [3.05, 3.63) is 23.7 Å². The SMILES string of the molecule is Cc1ccc(CN(CCN(C)C)C(=O)CCCCCl)o1. The van der Waals surface area contributed by atoms with E-state index in [4.69, 9.17) is 16.0 Å². The molecular weight excluding hydrogens is 276 g/mol. The highest BCUT2D eigenvalue weighted by Gasteiger charge is 2.15. The second kappa shape index (κ2) is 9.03. The highest BCUT2D eigenvalue weighted by atomic mass is 35.5. The molecule has 0 saturated heterocycles. The largest absolute Gasteiger partial charge is 0.464 e. The van der Waals surface area contributed by atoms with Gasteiger partial charge in [-0.1, -0.05) is 0 Å². The van der Waals surface area contributed by atoms with Crippen molar-refractivity contribution < 1.29 is 9.21 Å². The molecule has 0 bridgehead atoms. The van der Waals surface area contributed by atoms with Gasteiger partial charge in [-0.05, 0) is 46.0 Å². The number of hydrogen-bond acceptors (Lipinski definition) is 3. The summed E-state index contributed by atoms with van der Waals surface area (Å²) in [5.74, 6) is 2.50. The predicted molar refractivity (Wildman–Crippen MR) is 82.0 cm³/mol. The fourth-order valence-corrected chi connectivity index (χ4v) is 2.09. The molecule has 1 aromatic heterocycles. The van der Waals surface area contributed by atoms with Crippen molar-refractivity contribution in [2.45, 2.75) is 32.7 Å². The minimum atomic E-state index is 0.172. The number of unbranched alkanes of at least 4 members (excludes halogenated alkanes) is 1. The van der Waals surface area contributed by atoms with Crippen LogP contribution in [-0.2, 0) is 11.3 Å². The number of nitrogens with zero attached hydrogens (tertiary/aromatic N) is 2. The maximum absolute atomic E-state index is 12.3. The van der Waals surface area contributed by atoms with Crippen LogP contribution in [-0.4, -0.2) is 48.8 Å². The van der Waals surface area contributed by atoms with Crippen molar-refractivity contribution in [1.29, 1.82) is 0 Å². The van der Waals surface area contributed by atoms with Gasteiger partial charge >= 0.3 is 0 Å². The molecule has 0 unspecified atom stereocenters. The van der Waals surface area contributed by atoms with Gasteiger partial charge in [0.2, 0.25) is 5.91 Å². The fourth-order valence-electron chi connectivity index (χ4n) is 1.90. The third-order valence-corrected chi connectivity index (χ3v) is 3.35. The summed E-state index contributed by atoms with van der Waals surface area (Å²) in [6.07, 6.45) is 2.28. The molecule has 0 aromatic carbocycles. The molecule has 0 saturated carbocycles. The van der Waals surface area contributed by atoms with Crippen molar-refractivity contribution in [3.8, 4) is 0 Å². The minimum absolute atomic E-state index is 0.172. The van der Waals surface area contributed by atoms with E-state index in [1.807, 2.05) is 38.1 Å². The van der Waals surface area contributed by atoms with Crippen LogP contribution >= 0.6 is 11.6 Å². The van der Waals surface area contributed by atoms with E-state index in [-0.39, 0.29) is 5.91 Å². The van der Waals surface area contributed by atoms with Crippen LogP contribution in [0, 0.1) is 6.92 Å². The molecule has 1 rings (SSSR count). The summed E-state index contributed by atoms with van der Waals surface area (Å²) in [4.78, 5) is 16.2. The molecule has 0 radical (unpaired) electrons. The van der Waals surface area contributed by atoms with Crippen molar-refractivity contribution in [2.24, 2.45) is 0 Å². The van der Waals surface area contributed by atoms with Gasteiger partial charge in [-0.2, -0.15) is 0 Å². The zero-order valence-electron chi connectivity index (χ0n) is 12.7. The Labute approximate surface area is 126 Å². The molecule has 0 spiro atoms. The molecule has 0 aliphatic carbocycles. The van der Waals surface area contributed by atoms with E-state index in [9.17, 15) is 4.79 Å². The van der Waals surface area contributed by atoms with Gasteiger partial charge in [-0.3, -0.25) is 4.79 Å². The Morgan fingerprint density at radius 1 is 1.25 bits per heavy atom. The van der Waals surface area contributed by atoms with Crippen LogP contribution in [0.1, 0.15) is 30.8 Å². The van der Waals surface area contributed by atoms with E-state index in [2.05, 4.69) is 4.90 Å². The Morgan fingerprint density at radius 2 is 2.00 bits per heavy atom. The van der Waals surface area contributed by atoms with E-state index in [1.54, 1.807) is 0 Å². The van der Waals surface area contributed by atoms with E-state index in [0.717, 1.165) is 30.9 Å². The predicted octanol–water partition coefficient (Wildman–Crippen LogP) is 2.89. The number of aryl methyl sites for hydroxylation is 1. The fraction of sp³-hybridized carbons (Fsp3) is 0.667. The summed E-state index contributed by atoms with van der Waals surface area (Å²) in [5, 5.41) is 0. The Bertz CT molecular complexity index is 404. The second-order valence-corrected chi connectivity index (χ2v) is 5.65. The zero-order chi connectivity index (χ0) is 15.0. The van der Waals surface area contributed by atoms with Gasteiger partial charge < -0.3 is 14.2 Å². The monoisotopic (exact) mass is 300 g/mol. The first-order valence-electron chi connectivity index (χ1n) is 7.06. The van der Waals surface area contributed by atoms with Crippen LogP contribution in [0.25, 0.3) is 0 Å². The van der Waals surface area contributed by atoms with Crippen molar-refractivity contribution >= 4 is 17.5 Å². The first-order valence-corrected chi connectivity index (χ1v) is 7.60. The lowest BCUT2D eigenvalue weighted by Crippen LogP contribution is -2.36. The molecule has 4 nitrogen and oxygen atoms in total. The number of amides is 1. The normalized spacial score (nSPS) is 11.1. The number of halogens is 1. The van der Waals surface area contributed by atoms with Crippen LogP contribution < -0.4 is 0 Å². The molecule has 1 amide bonds. The number of hydrogen-bond donors (Lipinski definition) is 0. The van der Waals surface area contributed by atoms with Gasteiger partial charge in [-0.15, -0.1) is 11.6 Å². The second-order valence-electron chi connectivity index (χ2n) is 5.28. The average molecular weight is 301 g/mol. The van der Waals surface area contributed by atoms with E-state index in [0.29, 0.717) is 25.4 Å². The molecule has 0 fully saturated rings. The molecular formula is C15H25ClN2O2. The Kier molecular flexibility index (Phi) is 7.70. The molecule has 20 heavy (non-hydrogen) atoms. The molecule has 0 N–H and O–H groups in total. The molecule has 1 aromatic rings. The van der Waals surface area contributed by atoms with E-state index in [1.165, 1.54) is 0 Å². The third kappa shape index (κ3) is 6.44. The van der Waals surface area contributed by atoms with Crippen molar-refractivity contribution in [1.82, 2.24) is 9.80 Å². The van der Waals surface area contributed by atoms with Crippen LogP contribution in [0.15, 0.2) is 16.5 Å². The number of carbonyl (C=O) groups is 1. The lowest BCUT2D eigenvalue weighted by atomic mass is 10.2. The Balaban J connectivity index is 2.56. The maximum atomic E-state index is 12.3. The summed E-state index contributed by atoms with van der Waals surface area (Å²) in [6.45, 7) is 4.02. The van der Waals surface area contributed by atoms with Gasteiger partial charge in [-0.25, -0.2) is 0 Å². The average Bonchev–Trinajstić information content (AvgIpc) is 2.80. The first kappa shape index (κ1) is 17.1. The standard InChI is InChI=1S/C15H25ClN2O2/c1-13-7-8-14(20-13)12-18(11-10-17(2)3)15(19)6-4-5-9-16/h7-8H,4-6,9-12H2,1-3H3. The summed E-state index contributed by atoms with van der Waals surface area (Å²) in [5.41, 5.74) is 0. The summed E-state index contributed by atoms with van der Waals surface area (Å²) in [6, 6.07) is 3.86. The molecule has 0 aliphatic rings. The Morgan fingerprint density at radius 3 is 2.55 bits per heavy atom.